The molecule has 0 atom stereocenters. The van der Waals surface area contributed by atoms with Gasteiger partial charge in [-0.3, -0.25) is 9.59 Å². The summed E-state index contributed by atoms with van der Waals surface area (Å²) in [7, 11) is 0. The normalized spacial score (nSPS) is 13.9. The summed E-state index contributed by atoms with van der Waals surface area (Å²) < 4.78 is 0. The lowest BCUT2D eigenvalue weighted by molar-refractivity contribution is -0.120. The van der Waals surface area contributed by atoms with Gasteiger partial charge in [0.25, 0.3) is 5.91 Å². The lowest BCUT2D eigenvalue weighted by Crippen LogP contribution is -2.33. The second kappa shape index (κ2) is 12.0. The van der Waals surface area contributed by atoms with Crippen LogP contribution in [0.15, 0.2) is 53.4 Å². The van der Waals surface area contributed by atoms with Gasteiger partial charge < -0.3 is 15.5 Å². The smallest absolute Gasteiger partial charge is 0.251 e. The van der Waals surface area contributed by atoms with E-state index in [4.69, 9.17) is 11.6 Å². The molecule has 1 fully saturated rings. The van der Waals surface area contributed by atoms with Crippen molar-refractivity contribution >= 4 is 35.2 Å². The van der Waals surface area contributed by atoms with Gasteiger partial charge in [-0.05, 0) is 55.8 Å². The molecule has 0 unspecified atom stereocenters. The predicted octanol–water partition coefficient (Wildman–Crippen LogP) is 3.96. The molecule has 0 aliphatic carbocycles. The highest BCUT2D eigenvalue weighted by Crippen LogP contribution is 2.26. The number of benzene rings is 2. The predicted molar refractivity (Wildman–Crippen MR) is 123 cm³/mol. The molecule has 0 aromatic heterocycles. The molecule has 160 valence electrons. The van der Waals surface area contributed by atoms with E-state index >= 15 is 0 Å². The first kappa shape index (κ1) is 22.7. The van der Waals surface area contributed by atoms with Crippen LogP contribution in [-0.2, 0) is 11.3 Å². The van der Waals surface area contributed by atoms with Crippen LogP contribution in [0.2, 0.25) is 5.02 Å². The Kier molecular flexibility index (Phi) is 9.05. The number of rotatable bonds is 10. The molecule has 5 nitrogen and oxygen atoms in total. The Morgan fingerprint density at radius 3 is 2.47 bits per heavy atom. The van der Waals surface area contributed by atoms with Crippen molar-refractivity contribution in [2.45, 2.75) is 30.7 Å². The molecule has 0 bridgehead atoms. The molecule has 2 amide bonds. The molecule has 2 N–H and O–H groups in total. The van der Waals surface area contributed by atoms with Crippen molar-refractivity contribution in [3.63, 3.8) is 0 Å². The van der Waals surface area contributed by atoms with Gasteiger partial charge in [-0.2, -0.15) is 0 Å². The molecular weight excluding hydrogens is 418 g/mol. The molecule has 0 spiro atoms. The minimum absolute atomic E-state index is 0.00159. The van der Waals surface area contributed by atoms with Crippen molar-refractivity contribution in [1.29, 1.82) is 0 Å². The first-order chi connectivity index (χ1) is 14.6. The van der Waals surface area contributed by atoms with Crippen molar-refractivity contribution in [3.8, 4) is 0 Å². The third kappa shape index (κ3) is 7.35. The standard InChI is InChI=1S/C23H28ClN3O2S/c24-20-5-1-2-6-21(20)30-16-11-22(28)26-17-18-7-9-19(10-8-18)23(29)25-12-15-27-13-3-4-14-27/h1-2,5-10H,3-4,11-17H2,(H,25,29)(H,26,28). The maximum atomic E-state index is 12.2. The summed E-state index contributed by atoms with van der Waals surface area (Å²) in [5.41, 5.74) is 1.61. The van der Waals surface area contributed by atoms with Gasteiger partial charge in [-0.25, -0.2) is 0 Å². The van der Waals surface area contributed by atoms with Crippen molar-refractivity contribution in [2.75, 3.05) is 31.9 Å². The van der Waals surface area contributed by atoms with Crippen LogP contribution in [0, 0.1) is 0 Å². The highest BCUT2D eigenvalue weighted by Gasteiger charge is 2.12. The van der Waals surface area contributed by atoms with E-state index in [9.17, 15) is 9.59 Å². The number of hydrogen-bond acceptors (Lipinski definition) is 4. The zero-order valence-electron chi connectivity index (χ0n) is 17.0. The van der Waals surface area contributed by atoms with Crippen LogP contribution in [0.25, 0.3) is 0 Å². The van der Waals surface area contributed by atoms with Crippen LogP contribution >= 0.6 is 23.4 Å². The number of amides is 2. The van der Waals surface area contributed by atoms with E-state index in [0.717, 1.165) is 30.1 Å². The number of likely N-dealkylation sites (tertiary alicyclic amines) is 1. The van der Waals surface area contributed by atoms with E-state index in [0.29, 0.717) is 35.8 Å². The highest BCUT2D eigenvalue weighted by molar-refractivity contribution is 7.99. The third-order valence-electron chi connectivity index (χ3n) is 5.04. The number of thioether (sulfide) groups is 1. The Labute approximate surface area is 187 Å². The molecule has 0 radical (unpaired) electrons. The van der Waals surface area contributed by atoms with Gasteiger partial charge in [0.1, 0.15) is 0 Å². The van der Waals surface area contributed by atoms with Crippen molar-refractivity contribution in [3.05, 3.63) is 64.7 Å². The first-order valence-corrected chi connectivity index (χ1v) is 11.7. The zero-order chi connectivity index (χ0) is 21.2. The van der Waals surface area contributed by atoms with Crippen molar-refractivity contribution in [1.82, 2.24) is 15.5 Å². The van der Waals surface area contributed by atoms with Crippen LogP contribution in [0.4, 0.5) is 0 Å². The quantitative estimate of drug-likeness (QED) is 0.543. The number of hydrogen-bond donors (Lipinski definition) is 2. The monoisotopic (exact) mass is 445 g/mol. The van der Waals surface area contributed by atoms with Gasteiger partial charge in [-0.1, -0.05) is 35.9 Å². The van der Waals surface area contributed by atoms with Crippen LogP contribution < -0.4 is 10.6 Å². The summed E-state index contributed by atoms with van der Waals surface area (Å²) >= 11 is 7.70. The maximum Gasteiger partial charge on any atom is 0.251 e. The lowest BCUT2D eigenvalue weighted by Gasteiger charge is -2.14. The average molecular weight is 446 g/mol. The first-order valence-electron chi connectivity index (χ1n) is 10.4. The number of carbonyl (C=O) groups is 2. The fraction of sp³-hybridized carbons (Fsp3) is 0.391. The highest BCUT2D eigenvalue weighted by atomic mass is 35.5. The molecule has 0 saturated carbocycles. The van der Waals surface area contributed by atoms with Gasteiger partial charge in [0, 0.05) is 42.3 Å². The second-order valence-electron chi connectivity index (χ2n) is 7.31. The Morgan fingerprint density at radius 2 is 1.73 bits per heavy atom. The summed E-state index contributed by atoms with van der Waals surface area (Å²) in [5, 5.41) is 6.61. The fourth-order valence-corrected chi connectivity index (χ4v) is 4.50. The number of nitrogens with one attached hydrogen (secondary N) is 2. The molecule has 1 saturated heterocycles. The van der Waals surface area contributed by atoms with Crippen LogP contribution in [0.5, 0.6) is 0 Å². The minimum Gasteiger partial charge on any atom is -0.352 e. The van der Waals surface area contributed by atoms with E-state index in [1.807, 2.05) is 36.4 Å². The topological polar surface area (TPSA) is 61.4 Å². The maximum absolute atomic E-state index is 12.2. The average Bonchev–Trinajstić information content (AvgIpc) is 3.27. The second-order valence-corrected chi connectivity index (χ2v) is 8.85. The van der Waals surface area contributed by atoms with Gasteiger partial charge >= 0.3 is 0 Å². The number of carbonyl (C=O) groups excluding carboxylic acids is 2. The summed E-state index contributed by atoms with van der Waals surface area (Å²) in [6, 6.07) is 15.0. The third-order valence-corrected chi connectivity index (χ3v) is 6.56. The number of nitrogens with zero attached hydrogens (tertiary/aromatic N) is 1. The summed E-state index contributed by atoms with van der Waals surface area (Å²) in [4.78, 5) is 27.7. The molecule has 30 heavy (non-hydrogen) atoms. The van der Waals surface area contributed by atoms with E-state index in [-0.39, 0.29) is 11.8 Å². The van der Waals surface area contributed by atoms with Crippen LogP contribution in [0.1, 0.15) is 35.2 Å². The summed E-state index contributed by atoms with van der Waals surface area (Å²) in [6.45, 7) is 4.30. The van der Waals surface area contributed by atoms with E-state index in [1.165, 1.54) is 12.8 Å². The van der Waals surface area contributed by atoms with E-state index in [2.05, 4.69) is 15.5 Å². The van der Waals surface area contributed by atoms with Crippen LogP contribution in [0.3, 0.4) is 0 Å². The largest absolute Gasteiger partial charge is 0.352 e. The molecule has 2 aromatic rings. The fourth-order valence-electron chi connectivity index (χ4n) is 3.31. The molecular formula is C23H28ClN3O2S. The van der Waals surface area contributed by atoms with Gasteiger partial charge in [-0.15, -0.1) is 11.8 Å². The Bertz CT molecular complexity index is 839. The molecule has 7 heteroatoms. The van der Waals surface area contributed by atoms with Crippen molar-refractivity contribution < 1.29 is 9.59 Å². The summed E-state index contributed by atoms with van der Waals surface area (Å²) in [5.74, 6) is 0.617. The molecule has 3 rings (SSSR count). The van der Waals surface area contributed by atoms with Crippen LogP contribution in [-0.4, -0.2) is 48.6 Å². The van der Waals surface area contributed by atoms with Crippen molar-refractivity contribution in [2.24, 2.45) is 0 Å². The van der Waals surface area contributed by atoms with Gasteiger partial charge in [0.15, 0.2) is 0 Å². The van der Waals surface area contributed by atoms with E-state index in [1.54, 1.807) is 23.9 Å². The molecule has 1 aliphatic heterocycles. The molecule has 1 aliphatic rings. The minimum atomic E-state index is -0.0543. The van der Waals surface area contributed by atoms with E-state index < -0.39 is 0 Å². The summed E-state index contributed by atoms with van der Waals surface area (Å²) in [6.07, 6.45) is 2.94. The molecule has 1 heterocycles. The zero-order valence-corrected chi connectivity index (χ0v) is 18.6. The Hall–Kier alpha value is -2.02. The number of halogens is 1. The van der Waals surface area contributed by atoms with Gasteiger partial charge in [0.2, 0.25) is 5.91 Å². The van der Waals surface area contributed by atoms with Gasteiger partial charge in [0.05, 0.1) is 5.02 Å². The SMILES string of the molecule is O=C(CCSc1ccccc1Cl)NCc1ccc(C(=O)NCCN2CCCC2)cc1. The lowest BCUT2D eigenvalue weighted by atomic mass is 10.1. The molecule has 2 aromatic carbocycles. The Balaban J connectivity index is 1.33. The Morgan fingerprint density at radius 1 is 1.00 bits per heavy atom.